The predicted octanol–water partition coefficient (Wildman–Crippen LogP) is 1.76. The minimum atomic E-state index is -3.88. The van der Waals surface area contributed by atoms with Crippen molar-refractivity contribution in [1.29, 1.82) is 0 Å². The molecule has 1 fully saturated rings. The van der Waals surface area contributed by atoms with Gasteiger partial charge >= 0.3 is 6.03 Å². The standard InChI is InChI=1S/C21H21N3O6S/c1-14-5-7-16(8-6-14)31(28,29)30-12-10-15-3-2-4-17-18(15)13-24(20(17)26)23-11-9-19(25)22-21(23)27/h2-8H,9-13H2,1H3,(H,22,25,27). The van der Waals surface area contributed by atoms with E-state index in [-0.39, 0.29) is 49.2 Å². The fourth-order valence-electron chi connectivity index (χ4n) is 3.63. The molecular weight excluding hydrogens is 422 g/mol. The number of aryl methyl sites for hydroxylation is 1. The van der Waals surface area contributed by atoms with Crippen LogP contribution in [0.5, 0.6) is 0 Å². The molecule has 9 nitrogen and oxygen atoms in total. The van der Waals surface area contributed by atoms with Gasteiger partial charge in [-0.1, -0.05) is 29.8 Å². The number of benzene rings is 2. The normalized spacial score (nSPS) is 16.5. The lowest BCUT2D eigenvalue weighted by molar-refractivity contribution is -0.123. The lowest BCUT2D eigenvalue weighted by atomic mass is 10.0. The summed E-state index contributed by atoms with van der Waals surface area (Å²) in [4.78, 5) is 36.4. The lowest BCUT2D eigenvalue weighted by Crippen LogP contribution is -2.56. The predicted molar refractivity (Wildman–Crippen MR) is 109 cm³/mol. The number of rotatable bonds is 6. The van der Waals surface area contributed by atoms with Crippen molar-refractivity contribution in [1.82, 2.24) is 15.3 Å². The van der Waals surface area contributed by atoms with E-state index in [0.29, 0.717) is 11.1 Å². The van der Waals surface area contributed by atoms with Gasteiger partial charge in [0.25, 0.3) is 16.0 Å². The Balaban J connectivity index is 1.46. The largest absolute Gasteiger partial charge is 0.342 e. The Labute approximate surface area is 179 Å². The van der Waals surface area contributed by atoms with Crippen LogP contribution in [-0.4, -0.2) is 49.4 Å². The van der Waals surface area contributed by atoms with E-state index in [1.54, 1.807) is 30.3 Å². The molecule has 31 heavy (non-hydrogen) atoms. The van der Waals surface area contributed by atoms with Crippen LogP contribution in [0.4, 0.5) is 4.79 Å². The van der Waals surface area contributed by atoms with E-state index < -0.39 is 16.1 Å². The van der Waals surface area contributed by atoms with Gasteiger partial charge in [0.15, 0.2) is 0 Å². The third-order valence-corrected chi connectivity index (χ3v) is 6.61. The summed E-state index contributed by atoms with van der Waals surface area (Å²) in [6.07, 6.45) is 0.392. The van der Waals surface area contributed by atoms with Crippen molar-refractivity contribution >= 4 is 28.0 Å². The van der Waals surface area contributed by atoms with Gasteiger partial charge in [0.05, 0.1) is 24.6 Å². The lowest BCUT2D eigenvalue weighted by Gasteiger charge is -2.33. The van der Waals surface area contributed by atoms with Gasteiger partial charge in [0.2, 0.25) is 5.91 Å². The molecule has 162 valence electrons. The molecule has 4 amide bonds. The molecule has 0 atom stereocenters. The minimum absolute atomic E-state index is 0.0838. The van der Waals surface area contributed by atoms with Gasteiger partial charge in [0.1, 0.15) is 0 Å². The van der Waals surface area contributed by atoms with Crippen LogP contribution in [0, 0.1) is 6.92 Å². The molecular formula is C21H21N3O6S. The summed E-state index contributed by atoms with van der Waals surface area (Å²) in [5.41, 5.74) is 2.87. The number of carbonyl (C=O) groups excluding carboxylic acids is 3. The van der Waals surface area contributed by atoms with Crippen molar-refractivity contribution in [3.63, 3.8) is 0 Å². The number of nitrogens with one attached hydrogen (secondary N) is 1. The van der Waals surface area contributed by atoms with E-state index >= 15 is 0 Å². The molecule has 0 bridgehead atoms. The highest BCUT2D eigenvalue weighted by Gasteiger charge is 2.37. The maximum atomic E-state index is 12.8. The van der Waals surface area contributed by atoms with Crippen LogP contribution >= 0.6 is 0 Å². The summed E-state index contributed by atoms with van der Waals surface area (Å²) in [5.74, 6) is -0.715. The molecule has 0 spiro atoms. The van der Waals surface area contributed by atoms with Crippen LogP contribution in [0.2, 0.25) is 0 Å². The Morgan fingerprint density at radius 3 is 2.48 bits per heavy atom. The van der Waals surface area contributed by atoms with Gasteiger partial charge in [-0.3, -0.25) is 19.1 Å². The van der Waals surface area contributed by atoms with Crippen LogP contribution < -0.4 is 5.32 Å². The van der Waals surface area contributed by atoms with E-state index in [2.05, 4.69) is 5.32 Å². The third-order valence-electron chi connectivity index (χ3n) is 5.29. The van der Waals surface area contributed by atoms with Gasteiger partial charge in [-0.15, -0.1) is 0 Å². The molecule has 0 unspecified atom stereocenters. The van der Waals surface area contributed by atoms with Crippen molar-refractivity contribution in [3.8, 4) is 0 Å². The second kappa shape index (κ2) is 8.12. The van der Waals surface area contributed by atoms with E-state index in [1.165, 1.54) is 22.2 Å². The number of hydrazine groups is 1. The number of nitrogens with zero attached hydrogens (tertiary/aromatic N) is 2. The SMILES string of the molecule is Cc1ccc(S(=O)(=O)OCCc2cccc3c2CN(N2CCC(=O)NC2=O)C3=O)cc1. The summed E-state index contributed by atoms with van der Waals surface area (Å²) in [5, 5.41) is 4.74. The first-order valence-corrected chi connectivity index (χ1v) is 11.2. The molecule has 2 aliphatic heterocycles. The Hall–Kier alpha value is -3.24. The molecule has 10 heteroatoms. The monoisotopic (exact) mass is 443 g/mol. The average Bonchev–Trinajstić information content (AvgIpc) is 3.06. The molecule has 0 radical (unpaired) electrons. The first-order valence-electron chi connectivity index (χ1n) is 9.76. The van der Waals surface area contributed by atoms with Gasteiger partial charge in [-0.25, -0.2) is 14.8 Å². The second-order valence-electron chi connectivity index (χ2n) is 7.37. The highest BCUT2D eigenvalue weighted by Crippen LogP contribution is 2.28. The number of imide groups is 1. The Morgan fingerprint density at radius 1 is 1.03 bits per heavy atom. The zero-order valence-electron chi connectivity index (χ0n) is 16.8. The summed E-state index contributed by atoms with van der Waals surface area (Å²) < 4.78 is 29.9. The molecule has 2 aliphatic rings. The van der Waals surface area contributed by atoms with Gasteiger partial charge in [-0.05, 0) is 42.7 Å². The Morgan fingerprint density at radius 2 is 1.77 bits per heavy atom. The number of hydrogen-bond donors (Lipinski definition) is 1. The Kier molecular flexibility index (Phi) is 5.50. The quantitative estimate of drug-likeness (QED) is 0.681. The van der Waals surface area contributed by atoms with E-state index in [1.807, 2.05) is 6.92 Å². The van der Waals surface area contributed by atoms with Crippen molar-refractivity contribution < 1.29 is 27.0 Å². The third kappa shape index (κ3) is 4.17. The average molecular weight is 443 g/mol. The molecule has 0 aromatic heterocycles. The molecule has 1 N–H and O–H groups in total. The first-order chi connectivity index (χ1) is 14.8. The van der Waals surface area contributed by atoms with Crippen molar-refractivity contribution in [2.24, 2.45) is 0 Å². The fourth-order valence-corrected chi connectivity index (χ4v) is 4.54. The number of carbonyl (C=O) groups is 3. The van der Waals surface area contributed by atoms with Crippen molar-refractivity contribution in [3.05, 3.63) is 64.7 Å². The number of fused-ring (bicyclic) bond motifs is 1. The first kappa shape index (κ1) is 21.0. The van der Waals surface area contributed by atoms with Crippen LogP contribution in [0.1, 0.15) is 33.5 Å². The molecule has 2 aromatic rings. The van der Waals surface area contributed by atoms with Gasteiger partial charge < -0.3 is 0 Å². The zero-order valence-corrected chi connectivity index (χ0v) is 17.6. The number of hydrogen-bond acceptors (Lipinski definition) is 6. The maximum absolute atomic E-state index is 12.8. The summed E-state index contributed by atoms with van der Waals surface area (Å²) in [6, 6.07) is 10.9. The van der Waals surface area contributed by atoms with Crippen molar-refractivity contribution in [2.75, 3.05) is 13.2 Å². The van der Waals surface area contributed by atoms with Crippen molar-refractivity contribution in [2.45, 2.75) is 31.2 Å². The summed E-state index contributed by atoms with van der Waals surface area (Å²) in [7, 11) is -3.88. The smallest absolute Gasteiger partial charge is 0.276 e. The fraction of sp³-hybridized carbons (Fsp3) is 0.286. The van der Waals surface area contributed by atoms with Crippen LogP contribution in [-0.2, 0) is 32.1 Å². The van der Waals surface area contributed by atoms with Gasteiger partial charge in [-0.2, -0.15) is 8.42 Å². The van der Waals surface area contributed by atoms with E-state index in [4.69, 9.17) is 4.18 Å². The molecule has 2 aromatic carbocycles. The van der Waals surface area contributed by atoms with E-state index in [0.717, 1.165) is 11.1 Å². The molecule has 0 aliphatic carbocycles. The molecule has 2 heterocycles. The Bertz CT molecular complexity index is 1160. The molecule has 0 saturated carbocycles. The highest BCUT2D eigenvalue weighted by atomic mass is 32.2. The minimum Gasteiger partial charge on any atom is -0.276 e. The van der Waals surface area contributed by atoms with Crippen LogP contribution in [0.3, 0.4) is 0 Å². The molecule has 1 saturated heterocycles. The topological polar surface area (TPSA) is 113 Å². The number of amides is 4. The summed E-state index contributed by atoms with van der Waals surface area (Å²) >= 11 is 0. The molecule has 4 rings (SSSR count). The second-order valence-corrected chi connectivity index (χ2v) is 8.99. The zero-order chi connectivity index (χ0) is 22.2. The van der Waals surface area contributed by atoms with E-state index in [9.17, 15) is 22.8 Å². The summed E-state index contributed by atoms with van der Waals surface area (Å²) in [6.45, 7) is 2.07. The van der Waals surface area contributed by atoms with Crippen LogP contribution in [0.15, 0.2) is 47.4 Å². The van der Waals surface area contributed by atoms with Crippen LogP contribution in [0.25, 0.3) is 0 Å². The maximum Gasteiger partial charge on any atom is 0.342 e. The number of urea groups is 1. The highest BCUT2D eigenvalue weighted by molar-refractivity contribution is 7.86. The van der Waals surface area contributed by atoms with Gasteiger partial charge in [0, 0.05) is 12.0 Å².